The molecule has 0 aliphatic heterocycles. The molecule has 0 rings (SSSR count). The predicted octanol–water partition coefficient (Wildman–Crippen LogP) is 1.30. The minimum Gasteiger partial charge on any atom is -0.381 e. The molecule has 0 aromatic heterocycles. The van der Waals surface area contributed by atoms with E-state index in [0.29, 0.717) is 13.0 Å². The smallest absolute Gasteiger partial charge is 0.198 e. The third-order valence-electron chi connectivity index (χ3n) is 0.916. The van der Waals surface area contributed by atoms with E-state index in [1.54, 1.807) is 0 Å². The lowest BCUT2D eigenvalue weighted by atomic mass is 10.3. The molecule has 0 amide bonds. The molecule has 0 spiro atoms. The van der Waals surface area contributed by atoms with Crippen LogP contribution in [-0.2, 0) is 9.53 Å². The van der Waals surface area contributed by atoms with Gasteiger partial charge in [-0.3, -0.25) is 4.79 Å². The molecule has 0 saturated heterocycles. The van der Waals surface area contributed by atoms with Crippen molar-refractivity contribution in [3.8, 4) is 0 Å². The van der Waals surface area contributed by atoms with Gasteiger partial charge in [0.2, 0.25) is 0 Å². The molecule has 1 radical (unpaired) electrons. The highest BCUT2D eigenvalue weighted by Crippen LogP contribution is 1.87. The van der Waals surface area contributed by atoms with E-state index in [9.17, 15) is 4.79 Å². The Morgan fingerprint density at radius 3 is 2.78 bits per heavy atom. The molecule has 0 fully saturated rings. The number of hydrogen-bond donors (Lipinski definition) is 0. The summed E-state index contributed by atoms with van der Waals surface area (Å²) in [7, 11) is 0. The van der Waals surface area contributed by atoms with E-state index < -0.39 is 0 Å². The third kappa shape index (κ3) is 7.63. The highest BCUT2D eigenvalue weighted by Gasteiger charge is 1.85. The van der Waals surface area contributed by atoms with Gasteiger partial charge in [-0.2, -0.15) is 0 Å². The second-order valence-electron chi connectivity index (χ2n) is 1.86. The highest BCUT2D eigenvalue weighted by atomic mass is 16.5. The summed E-state index contributed by atoms with van der Waals surface area (Å²) in [6.07, 6.45) is 4.17. The molecule has 0 heterocycles. The Labute approximate surface area is 56.2 Å². The van der Waals surface area contributed by atoms with Gasteiger partial charge in [-0.1, -0.05) is 6.92 Å². The van der Waals surface area contributed by atoms with Crippen LogP contribution in [0.1, 0.15) is 26.2 Å². The maximum absolute atomic E-state index is 9.66. The van der Waals surface area contributed by atoms with Crippen molar-refractivity contribution in [2.75, 3.05) is 13.2 Å². The first-order valence-corrected chi connectivity index (χ1v) is 3.34. The van der Waals surface area contributed by atoms with Crippen LogP contribution in [0.25, 0.3) is 0 Å². The molecule has 9 heavy (non-hydrogen) atoms. The lowest BCUT2D eigenvalue weighted by Gasteiger charge is -1.97. The zero-order valence-electron chi connectivity index (χ0n) is 5.85. The first-order valence-electron chi connectivity index (χ1n) is 3.34. The van der Waals surface area contributed by atoms with Crippen LogP contribution < -0.4 is 0 Å². The van der Waals surface area contributed by atoms with Gasteiger partial charge in [0, 0.05) is 19.6 Å². The van der Waals surface area contributed by atoms with Gasteiger partial charge < -0.3 is 4.74 Å². The van der Waals surface area contributed by atoms with Gasteiger partial charge >= 0.3 is 0 Å². The molecule has 0 N–H and O–H groups in total. The van der Waals surface area contributed by atoms with Crippen molar-refractivity contribution in [1.29, 1.82) is 0 Å². The Kier molecular flexibility index (Phi) is 7.32. The van der Waals surface area contributed by atoms with Crippen molar-refractivity contribution < 1.29 is 9.53 Å². The average molecular weight is 129 g/mol. The van der Waals surface area contributed by atoms with E-state index in [2.05, 4.69) is 6.92 Å². The summed E-state index contributed by atoms with van der Waals surface area (Å²) in [5, 5.41) is 0. The van der Waals surface area contributed by atoms with Crippen LogP contribution in [-0.4, -0.2) is 19.5 Å². The summed E-state index contributed by atoms with van der Waals surface area (Å²) in [4.78, 5) is 9.66. The topological polar surface area (TPSA) is 26.3 Å². The van der Waals surface area contributed by atoms with Crippen LogP contribution in [0.5, 0.6) is 0 Å². The Morgan fingerprint density at radius 2 is 2.22 bits per heavy atom. The fourth-order valence-electron chi connectivity index (χ4n) is 0.493. The zero-order valence-corrected chi connectivity index (χ0v) is 5.85. The van der Waals surface area contributed by atoms with Crippen LogP contribution in [0.3, 0.4) is 0 Å². The number of hydrogen-bond acceptors (Lipinski definition) is 2. The molecule has 0 aromatic carbocycles. The Hall–Kier alpha value is -0.370. The van der Waals surface area contributed by atoms with Crippen LogP contribution in [0.2, 0.25) is 0 Å². The lowest BCUT2D eigenvalue weighted by molar-refractivity contribution is 0.133. The van der Waals surface area contributed by atoms with Gasteiger partial charge in [-0.15, -0.1) is 0 Å². The second-order valence-corrected chi connectivity index (χ2v) is 1.86. The van der Waals surface area contributed by atoms with Crippen LogP contribution >= 0.6 is 0 Å². The minimum absolute atomic E-state index is 0.504. The van der Waals surface area contributed by atoms with Crippen molar-refractivity contribution in [2.45, 2.75) is 26.2 Å². The summed E-state index contributed by atoms with van der Waals surface area (Å²) in [5.41, 5.74) is 0. The molecule has 0 aliphatic rings. The normalized spacial score (nSPS) is 9.44. The molecular weight excluding hydrogens is 116 g/mol. The zero-order chi connectivity index (χ0) is 6.95. The van der Waals surface area contributed by atoms with E-state index in [-0.39, 0.29) is 0 Å². The summed E-state index contributed by atoms with van der Waals surface area (Å²) in [6, 6.07) is 0. The summed E-state index contributed by atoms with van der Waals surface area (Å²) < 4.78 is 5.11. The van der Waals surface area contributed by atoms with E-state index in [0.717, 1.165) is 19.4 Å². The van der Waals surface area contributed by atoms with E-state index in [1.165, 1.54) is 0 Å². The number of carbonyl (C=O) groups excluding carboxylic acids is 1. The van der Waals surface area contributed by atoms with Gasteiger partial charge in [-0.25, -0.2) is 0 Å². The Balaban J connectivity index is 2.66. The van der Waals surface area contributed by atoms with Crippen molar-refractivity contribution in [2.24, 2.45) is 0 Å². The molecule has 2 heteroatoms. The van der Waals surface area contributed by atoms with E-state index in [4.69, 9.17) is 4.74 Å². The van der Waals surface area contributed by atoms with Gasteiger partial charge in [0.05, 0.1) is 0 Å². The van der Waals surface area contributed by atoms with Crippen LogP contribution in [0.15, 0.2) is 0 Å². The van der Waals surface area contributed by atoms with Gasteiger partial charge in [0.1, 0.15) is 0 Å². The molecule has 0 saturated carbocycles. The number of rotatable bonds is 6. The highest BCUT2D eigenvalue weighted by molar-refractivity contribution is 5.50. The van der Waals surface area contributed by atoms with E-state index >= 15 is 0 Å². The largest absolute Gasteiger partial charge is 0.381 e. The van der Waals surface area contributed by atoms with Crippen molar-refractivity contribution >= 4 is 6.29 Å². The van der Waals surface area contributed by atoms with E-state index in [1.807, 2.05) is 6.29 Å². The summed E-state index contributed by atoms with van der Waals surface area (Å²) in [5.74, 6) is 0. The van der Waals surface area contributed by atoms with Gasteiger partial charge in [-0.05, 0) is 12.8 Å². The standard InChI is InChI=1S/C7H13O2/c1-2-6-9-7-4-3-5-8/h2-4,6-7H2,1H3. The van der Waals surface area contributed by atoms with Crippen LogP contribution in [0, 0.1) is 0 Å². The number of unbranched alkanes of at least 4 members (excludes halogenated alkanes) is 1. The summed E-state index contributed by atoms with van der Waals surface area (Å²) >= 11 is 0. The molecular formula is C7H13O2. The number of ether oxygens (including phenoxy) is 1. The molecule has 2 nitrogen and oxygen atoms in total. The van der Waals surface area contributed by atoms with Crippen molar-refractivity contribution in [3.05, 3.63) is 0 Å². The minimum atomic E-state index is 0.504. The summed E-state index contributed by atoms with van der Waals surface area (Å²) in [6.45, 7) is 3.56. The first-order chi connectivity index (χ1) is 4.41. The first kappa shape index (κ1) is 8.63. The fourth-order valence-corrected chi connectivity index (χ4v) is 0.493. The van der Waals surface area contributed by atoms with Crippen molar-refractivity contribution in [3.63, 3.8) is 0 Å². The lowest BCUT2D eigenvalue weighted by Crippen LogP contribution is -1.95. The molecule has 0 unspecified atom stereocenters. The predicted molar refractivity (Wildman–Crippen MR) is 36.0 cm³/mol. The maximum Gasteiger partial charge on any atom is 0.198 e. The Bertz CT molecular complexity index is 61.9. The van der Waals surface area contributed by atoms with Gasteiger partial charge in [0.25, 0.3) is 0 Å². The molecule has 0 atom stereocenters. The maximum atomic E-state index is 9.66. The van der Waals surface area contributed by atoms with Crippen molar-refractivity contribution in [1.82, 2.24) is 0 Å². The molecule has 0 bridgehead atoms. The molecule has 53 valence electrons. The van der Waals surface area contributed by atoms with Crippen LogP contribution in [0.4, 0.5) is 0 Å². The Morgan fingerprint density at radius 1 is 1.44 bits per heavy atom. The molecule has 0 aromatic rings. The third-order valence-corrected chi connectivity index (χ3v) is 0.916. The SMILES string of the molecule is CCCOCCC[C]=O. The fraction of sp³-hybridized carbons (Fsp3) is 0.857. The quantitative estimate of drug-likeness (QED) is 0.505. The molecule has 0 aliphatic carbocycles. The van der Waals surface area contributed by atoms with Gasteiger partial charge in [0.15, 0.2) is 6.29 Å². The average Bonchev–Trinajstić information content (AvgIpc) is 1.89. The monoisotopic (exact) mass is 129 g/mol. The second kappa shape index (κ2) is 7.63.